The van der Waals surface area contributed by atoms with Crippen molar-refractivity contribution in [2.45, 2.75) is 6.92 Å². The number of fused-ring (bicyclic) bond motifs is 1. The van der Waals surface area contributed by atoms with Crippen molar-refractivity contribution in [3.05, 3.63) is 54.1 Å². The molecule has 0 saturated heterocycles. The molecule has 0 radical (unpaired) electrons. The Morgan fingerprint density at radius 3 is 2.85 bits per heavy atom. The van der Waals surface area contributed by atoms with Crippen molar-refractivity contribution in [2.24, 2.45) is 0 Å². The minimum atomic E-state index is -0.252. The van der Waals surface area contributed by atoms with Gasteiger partial charge in [-0.25, -0.2) is 14.4 Å². The first kappa shape index (κ1) is 12.3. The van der Waals surface area contributed by atoms with Crippen LogP contribution in [0.15, 0.2) is 42.7 Å². The summed E-state index contributed by atoms with van der Waals surface area (Å²) in [6, 6.07) is 10.3. The lowest BCUT2D eigenvalue weighted by molar-refractivity contribution is 0.619. The molecule has 0 spiro atoms. The van der Waals surface area contributed by atoms with Crippen molar-refractivity contribution < 1.29 is 4.39 Å². The van der Waals surface area contributed by atoms with E-state index in [-0.39, 0.29) is 5.82 Å². The third kappa shape index (κ3) is 2.14. The van der Waals surface area contributed by atoms with E-state index in [2.05, 4.69) is 15.3 Å². The zero-order valence-corrected chi connectivity index (χ0v) is 10.9. The van der Waals surface area contributed by atoms with Gasteiger partial charge < -0.3 is 11.1 Å². The number of rotatable bonds is 2. The van der Waals surface area contributed by atoms with Gasteiger partial charge in [0, 0.05) is 22.3 Å². The maximum absolute atomic E-state index is 13.6. The van der Waals surface area contributed by atoms with E-state index < -0.39 is 0 Å². The minimum absolute atomic E-state index is 0.252. The highest BCUT2D eigenvalue weighted by Crippen LogP contribution is 2.26. The van der Waals surface area contributed by atoms with Crippen LogP contribution < -0.4 is 11.1 Å². The molecule has 0 saturated carbocycles. The summed E-state index contributed by atoms with van der Waals surface area (Å²) in [4.78, 5) is 8.40. The highest BCUT2D eigenvalue weighted by atomic mass is 19.1. The summed E-state index contributed by atoms with van der Waals surface area (Å²) in [7, 11) is 0. The van der Waals surface area contributed by atoms with Crippen LogP contribution in [0.1, 0.15) is 5.56 Å². The first-order valence-corrected chi connectivity index (χ1v) is 6.17. The quantitative estimate of drug-likeness (QED) is 0.699. The fourth-order valence-corrected chi connectivity index (χ4v) is 2.04. The predicted octanol–water partition coefficient (Wildman–Crippen LogP) is 3.40. The Kier molecular flexibility index (Phi) is 2.95. The molecule has 0 unspecified atom stereocenters. The molecule has 0 atom stereocenters. The SMILES string of the molecule is Cc1c(F)cccc1Nc1ncnc2cc(N)ccc12. The Morgan fingerprint density at radius 1 is 1.15 bits per heavy atom. The van der Waals surface area contributed by atoms with Gasteiger partial charge in [-0.05, 0) is 37.3 Å². The maximum Gasteiger partial charge on any atom is 0.141 e. The highest BCUT2D eigenvalue weighted by Gasteiger charge is 2.07. The smallest absolute Gasteiger partial charge is 0.141 e. The highest BCUT2D eigenvalue weighted by molar-refractivity contribution is 5.92. The Morgan fingerprint density at radius 2 is 2.00 bits per heavy atom. The summed E-state index contributed by atoms with van der Waals surface area (Å²) in [5.74, 6) is 0.376. The molecular weight excluding hydrogens is 255 g/mol. The number of anilines is 3. The molecule has 4 nitrogen and oxygen atoms in total. The van der Waals surface area contributed by atoms with E-state index in [1.165, 1.54) is 12.4 Å². The average Bonchev–Trinajstić information content (AvgIpc) is 2.44. The molecule has 100 valence electrons. The van der Waals surface area contributed by atoms with Crippen LogP contribution in [-0.2, 0) is 0 Å². The lowest BCUT2D eigenvalue weighted by Crippen LogP contribution is -1.99. The van der Waals surface area contributed by atoms with Crippen molar-refractivity contribution in [1.82, 2.24) is 9.97 Å². The first-order chi connectivity index (χ1) is 9.65. The van der Waals surface area contributed by atoms with Crippen LogP contribution >= 0.6 is 0 Å². The van der Waals surface area contributed by atoms with Crippen molar-refractivity contribution in [3.63, 3.8) is 0 Å². The molecule has 0 fully saturated rings. The van der Waals surface area contributed by atoms with Gasteiger partial charge >= 0.3 is 0 Å². The van der Waals surface area contributed by atoms with Gasteiger partial charge in [-0.15, -0.1) is 0 Å². The van der Waals surface area contributed by atoms with Gasteiger partial charge in [0.05, 0.1) is 5.52 Å². The second-order valence-corrected chi connectivity index (χ2v) is 4.54. The molecule has 3 rings (SSSR count). The van der Waals surface area contributed by atoms with Crippen molar-refractivity contribution in [1.29, 1.82) is 0 Å². The van der Waals surface area contributed by atoms with Crippen LogP contribution in [0.25, 0.3) is 10.9 Å². The third-order valence-corrected chi connectivity index (χ3v) is 3.18. The topological polar surface area (TPSA) is 63.8 Å². The summed E-state index contributed by atoms with van der Waals surface area (Å²) in [6.45, 7) is 1.72. The molecule has 2 aromatic carbocycles. The number of halogens is 1. The third-order valence-electron chi connectivity index (χ3n) is 3.18. The molecule has 0 amide bonds. The Bertz CT molecular complexity index is 786. The van der Waals surface area contributed by atoms with E-state index >= 15 is 0 Å². The molecule has 0 aliphatic rings. The number of nitrogens with two attached hydrogens (primary N) is 1. The van der Waals surface area contributed by atoms with Crippen molar-refractivity contribution in [3.8, 4) is 0 Å². The number of nitrogens with zero attached hydrogens (tertiary/aromatic N) is 2. The van der Waals surface area contributed by atoms with Crippen molar-refractivity contribution in [2.75, 3.05) is 11.1 Å². The Balaban J connectivity index is 2.09. The number of hydrogen-bond donors (Lipinski definition) is 2. The van der Waals surface area contributed by atoms with Crippen LogP contribution in [-0.4, -0.2) is 9.97 Å². The zero-order valence-electron chi connectivity index (χ0n) is 10.9. The molecule has 20 heavy (non-hydrogen) atoms. The molecule has 3 N–H and O–H groups in total. The van der Waals surface area contributed by atoms with Gasteiger partial charge in [0.1, 0.15) is 18.0 Å². The molecule has 0 aliphatic heterocycles. The van der Waals surface area contributed by atoms with Gasteiger partial charge in [-0.3, -0.25) is 0 Å². The van der Waals surface area contributed by atoms with Gasteiger partial charge in [0.15, 0.2) is 0 Å². The molecule has 5 heteroatoms. The van der Waals surface area contributed by atoms with Crippen molar-refractivity contribution >= 4 is 28.1 Å². The fraction of sp³-hybridized carbons (Fsp3) is 0.0667. The van der Waals surface area contributed by atoms with Gasteiger partial charge in [0.2, 0.25) is 0 Å². The van der Waals surface area contributed by atoms with Crippen LogP contribution in [0.3, 0.4) is 0 Å². The summed E-state index contributed by atoms with van der Waals surface area (Å²) >= 11 is 0. The zero-order chi connectivity index (χ0) is 14.1. The van der Waals surface area contributed by atoms with E-state index in [1.807, 2.05) is 12.1 Å². The summed E-state index contributed by atoms with van der Waals surface area (Å²) in [6.07, 6.45) is 1.46. The predicted molar refractivity (Wildman–Crippen MR) is 78.4 cm³/mol. The molecule has 3 aromatic rings. The standard InChI is InChI=1S/C15H13FN4/c1-9-12(16)3-2-4-13(9)20-15-11-6-5-10(17)7-14(11)18-8-19-15/h2-8H,17H2,1H3,(H,18,19,20). The summed E-state index contributed by atoms with van der Waals surface area (Å²) in [5, 5.41) is 3.98. The molecule has 0 aliphatic carbocycles. The second-order valence-electron chi connectivity index (χ2n) is 4.54. The second kappa shape index (κ2) is 4.77. The molecule has 1 heterocycles. The van der Waals surface area contributed by atoms with E-state index in [1.54, 1.807) is 25.1 Å². The maximum atomic E-state index is 13.6. The van der Waals surface area contributed by atoms with E-state index in [0.29, 0.717) is 22.8 Å². The number of hydrogen-bond acceptors (Lipinski definition) is 4. The number of benzene rings is 2. The Hall–Kier alpha value is -2.69. The van der Waals surface area contributed by atoms with E-state index in [0.717, 1.165) is 10.9 Å². The van der Waals surface area contributed by atoms with E-state index in [9.17, 15) is 4.39 Å². The monoisotopic (exact) mass is 268 g/mol. The first-order valence-electron chi connectivity index (χ1n) is 6.17. The largest absolute Gasteiger partial charge is 0.399 e. The molecular formula is C15H13FN4. The van der Waals surface area contributed by atoms with Gasteiger partial charge in [-0.1, -0.05) is 6.07 Å². The Labute approximate surface area is 115 Å². The number of aromatic nitrogens is 2. The fourth-order valence-electron chi connectivity index (χ4n) is 2.04. The van der Waals surface area contributed by atoms with Crippen LogP contribution in [0.4, 0.5) is 21.6 Å². The molecule has 1 aromatic heterocycles. The van der Waals surface area contributed by atoms with Gasteiger partial charge in [-0.2, -0.15) is 0 Å². The number of nitrogen functional groups attached to an aromatic ring is 1. The normalized spacial score (nSPS) is 10.7. The lowest BCUT2D eigenvalue weighted by atomic mass is 10.1. The average molecular weight is 268 g/mol. The van der Waals surface area contributed by atoms with Gasteiger partial charge in [0.25, 0.3) is 0 Å². The minimum Gasteiger partial charge on any atom is -0.399 e. The van der Waals surface area contributed by atoms with E-state index in [4.69, 9.17) is 5.73 Å². The summed E-state index contributed by atoms with van der Waals surface area (Å²) in [5.41, 5.74) is 8.36. The number of nitrogens with one attached hydrogen (secondary N) is 1. The van der Waals surface area contributed by atoms with Crippen LogP contribution in [0.5, 0.6) is 0 Å². The van der Waals surface area contributed by atoms with Crippen LogP contribution in [0, 0.1) is 12.7 Å². The lowest BCUT2D eigenvalue weighted by Gasteiger charge is -2.11. The summed E-state index contributed by atoms with van der Waals surface area (Å²) < 4.78 is 13.6. The molecule has 0 bridgehead atoms. The van der Waals surface area contributed by atoms with Crippen LogP contribution in [0.2, 0.25) is 0 Å².